The molecule has 0 fully saturated rings. The van der Waals surface area contributed by atoms with E-state index in [1.165, 1.54) is 17.7 Å². The number of carbonyl (C=O) groups excluding carboxylic acids is 2. The third-order valence-electron chi connectivity index (χ3n) is 6.11. The minimum Gasteiger partial charge on any atom is -0.324 e. The average molecular weight is 468 g/mol. The molecule has 0 atom stereocenters. The fourth-order valence-corrected chi connectivity index (χ4v) is 5.56. The van der Waals surface area contributed by atoms with Gasteiger partial charge in [0.05, 0.1) is 17.6 Å². The summed E-state index contributed by atoms with van der Waals surface area (Å²) in [5.74, 6) is -0.122. The molecular weight excluding hydrogens is 446 g/mol. The first-order chi connectivity index (χ1) is 16.6. The number of H-pyrrole nitrogens is 1. The van der Waals surface area contributed by atoms with Crippen LogP contribution in [0.4, 0.5) is 5.95 Å². The monoisotopic (exact) mass is 467 g/mol. The second-order valence-electron chi connectivity index (χ2n) is 8.44. The fraction of sp³-hybridized carbons (Fsp3) is 0.192. The highest BCUT2D eigenvalue weighted by Gasteiger charge is 2.20. The number of pyridine rings is 1. The molecule has 2 aromatic carbocycles. The van der Waals surface area contributed by atoms with Gasteiger partial charge in [0.1, 0.15) is 16.2 Å². The van der Waals surface area contributed by atoms with E-state index in [9.17, 15) is 9.59 Å². The Bertz CT molecular complexity index is 1540. The average Bonchev–Trinajstić information content (AvgIpc) is 3.46. The van der Waals surface area contributed by atoms with Crippen molar-refractivity contribution in [1.29, 1.82) is 0 Å². The van der Waals surface area contributed by atoms with E-state index in [2.05, 4.69) is 20.3 Å². The molecule has 6 rings (SSSR count). The number of carbonyl (C=O) groups is 2. The number of rotatable bonds is 5. The second-order valence-corrected chi connectivity index (χ2v) is 9.61. The molecule has 8 heteroatoms. The predicted molar refractivity (Wildman–Crippen MR) is 133 cm³/mol. The van der Waals surface area contributed by atoms with Crippen LogP contribution in [0.3, 0.4) is 0 Å². The number of Topliss-reactive ketones (excluding diaryl/α,β-unsaturated/α-hetero) is 1. The first kappa shape index (κ1) is 20.7. The van der Waals surface area contributed by atoms with Crippen LogP contribution in [0, 0.1) is 0 Å². The topological polar surface area (TPSA) is 101 Å². The molecule has 2 N–H and O–H groups in total. The maximum Gasteiger partial charge on any atom is 0.276 e. The van der Waals surface area contributed by atoms with Crippen LogP contribution >= 0.6 is 11.3 Å². The van der Waals surface area contributed by atoms with Crippen molar-refractivity contribution in [3.05, 3.63) is 81.6 Å². The lowest BCUT2D eigenvalue weighted by Crippen LogP contribution is -2.14. The van der Waals surface area contributed by atoms with Crippen LogP contribution in [0.2, 0.25) is 0 Å². The summed E-state index contributed by atoms with van der Waals surface area (Å²) in [7, 11) is 0. The summed E-state index contributed by atoms with van der Waals surface area (Å²) in [6.07, 6.45) is 6.36. The molecule has 3 aromatic heterocycles. The molecule has 1 aliphatic carbocycles. The minimum absolute atomic E-state index is 0.0303. The number of imidazole rings is 1. The van der Waals surface area contributed by atoms with Crippen molar-refractivity contribution in [3.63, 3.8) is 0 Å². The normalized spacial score (nSPS) is 13.2. The van der Waals surface area contributed by atoms with Crippen LogP contribution in [0.15, 0.2) is 54.7 Å². The quantitative estimate of drug-likeness (QED) is 0.349. The molecule has 1 aliphatic rings. The minimum atomic E-state index is -0.369. The lowest BCUT2D eigenvalue weighted by Gasteiger charge is -2.06. The SMILES string of the molecule is O=C(Nc1nc2c(C(=O)Cc3nc4c(s3)CCCC4)cccc2[nH]1)c1cc2ccccc2cn1. The molecule has 168 valence electrons. The van der Waals surface area contributed by atoms with Crippen LogP contribution in [-0.4, -0.2) is 31.6 Å². The van der Waals surface area contributed by atoms with Crippen molar-refractivity contribution in [2.45, 2.75) is 32.1 Å². The number of para-hydroxylation sites is 1. The standard InChI is InChI=1S/C26H21N5O2S/c32-21(13-23-28-18-9-3-4-11-22(18)34-23)17-8-5-10-19-24(17)30-26(29-19)31-25(33)20-12-15-6-1-2-7-16(15)14-27-20/h1-2,5-8,10,12,14H,3-4,9,11,13H2,(H2,29,30,31,33). The van der Waals surface area contributed by atoms with E-state index in [0.717, 1.165) is 34.3 Å². The Hall–Kier alpha value is -3.91. The first-order valence-electron chi connectivity index (χ1n) is 11.3. The highest BCUT2D eigenvalue weighted by atomic mass is 32.1. The Morgan fingerprint density at radius 2 is 1.85 bits per heavy atom. The number of hydrogen-bond donors (Lipinski definition) is 2. The van der Waals surface area contributed by atoms with Crippen molar-refractivity contribution in [1.82, 2.24) is 19.9 Å². The van der Waals surface area contributed by atoms with Gasteiger partial charge in [-0.2, -0.15) is 0 Å². The number of amides is 1. The Morgan fingerprint density at radius 3 is 2.74 bits per heavy atom. The highest BCUT2D eigenvalue weighted by Crippen LogP contribution is 2.28. The second kappa shape index (κ2) is 8.46. The van der Waals surface area contributed by atoms with Crippen LogP contribution in [0.5, 0.6) is 0 Å². The number of benzene rings is 2. The molecule has 0 bridgehead atoms. The zero-order chi connectivity index (χ0) is 23.1. The number of hydrogen-bond acceptors (Lipinski definition) is 6. The first-order valence-corrected chi connectivity index (χ1v) is 12.1. The van der Waals surface area contributed by atoms with Crippen molar-refractivity contribution in [3.8, 4) is 0 Å². The number of aryl methyl sites for hydroxylation is 2. The van der Waals surface area contributed by atoms with Crippen LogP contribution in [0.1, 0.15) is 49.3 Å². The lowest BCUT2D eigenvalue weighted by atomic mass is 10.0. The molecule has 0 radical (unpaired) electrons. The Labute approximate surface area is 199 Å². The number of nitrogens with one attached hydrogen (secondary N) is 2. The van der Waals surface area contributed by atoms with Crippen molar-refractivity contribution in [2.75, 3.05) is 5.32 Å². The number of ketones is 1. The number of aromatic nitrogens is 4. The Balaban J connectivity index is 1.24. The summed E-state index contributed by atoms with van der Waals surface area (Å²) in [6.45, 7) is 0. The summed E-state index contributed by atoms with van der Waals surface area (Å²) >= 11 is 1.65. The van der Waals surface area contributed by atoms with Gasteiger partial charge >= 0.3 is 0 Å². The lowest BCUT2D eigenvalue weighted by molar-refractivity contribution is 0.0992. The largest absolute Gasteiger partial charge is 0.324 e. The molecular formula is C26H21N5O2S. The molecule has 0 unspecified atom stereocenters. The van der Waals surface area contributed by atoms with Gasteiger partial charge in [0.25, 0.3) is 5.91 Å². The van der Waals surface area contributed by atoms with Gasteiger partial charge in [-0.25, -0.2) is 9.97 Å². The zero-order valence-electron chi connectivity index (χ0n) is 18.3. The summed E-state index contributed by atoms with van der Waals surface area (Å²) in [4.78, 5) is 43.8. The molecule has 5 aromatic rings. The molecule has 34 heavy (non-hydrogen) atoms. The van der Waals surface area contributed by atoms with Gasteiger partial charge in [0, 0.05) is 22.0 Å². The highest BCUT2D eigenvalue weighted by molar-refractivity contribution is 7.11. The number of fused-ring (bicyclic) bond motifs is 3. The molecule has 0 aliphatic heterocycles. The van der Waals surface area contributed by atoms with Gasteiger partial charge in [-0.1, -0.05) is 30.3 Å². The van der Waals surface area contributed by atoms with Crippen molar-refractivity contribution >= 4 is 50.8 Å². The summed E-state index contributed by atoms with van der Waals surface area (Å²) in [5, 5.41) is 5.53. The molecule has 7 nitrogen and oxygen atoms in total. The number of aromatic amines is 1. The summed E-state index contributed by atoms with van der Waals surface area (Å²) in [6, 6.07) is 14.9. The zero-order valence-corrected chi connectivity index (χ0v) is 19.1. The third-order valence-corrected chi connectivity index (χ3v) is 7.27. The van der Waals surface area contributed by atoms with Gasteiger partial charge in [0.15, 0.2) is 5.78 Å². The van der Waals surface area contributed by atoms with E-state index in [0.29, 0.717) is 22.3 Å². The maximum absolute atomic E-state index is 13.1. The van der Waals surface area contributed by atoms with E-state index in [-0.39, 0.29) is 24.1 Å². The van der Waals surface area contributed by atoms with E-state index < -0.39 is 0 Å². The molecule has 0 saturated carbocycles. The van der Waals surface area contributed by atoms with Crippen LogP contribution in [-0.2, 0) is 19.3 Å². The van der Waals surface area contributed by atoms with Gasteiger partial charge in [-0.05, 0) is 49.3 Å². The smallest absolute Gasteiger partial charge is 0.276 e. The molecule has 1 amide bonds. The van der Waals surface area contributed by atoms with E-state index in [1.807, 2.05) is 36.4 Å². The molecule has 3 heterocycles. The predicted octanol–water partition coefficient (Wildman–Crippen LogP) is 5.12. The van der Waals surface area contributed by atoms with Crippen LogP contribution < -0.4 is 5.32 Å². The van der Waals surface area contributed by atoms with E-state index >= 15 is 0 Å². The molecule has 0 spiro atoms. The van der Waals surface area contributed by atoms with Gasteiger partial charge in [0.2, 0.25) is 5.95 Å². The van der Waals surface area contributed by atoms with Gasteiger partial charge in [-0.15, -0.1) is 11.3 Å². The molecule has 0 saturated heterocycles. The third kappa shape index (κ3) is 3.86. The summed E-state index contributed by atoms with van der Waals surface area (Å²) < 4.78 is 0. The van der Waals surface area contributed by atoms with Crippen LogP contribution in [0.25, 0.3) is 21.8 Å². The van der Waals surface area contributed by atoms with E-state index in [1.54, 1.807) is 29.7 Å². The number of nitrogens with zero attached hydrogens (tertiary/aromatic N) is 3. The maximum atomic E-state index is 13.1. The van der Waals surface area contributed by atoms with Crippen molar-refractivity contribution in [2.24, 2.45) is 0 Å². The van der Waals surface area contributed by atoms with Crippen molar-refractivity contribution < 1.29 is 9.59 Å². The van der Waals surface area contributed by atoms with Gasteiger partial charge < -0.3 is 4.98 Å². The van der Waals surface area contributed by atoms with Gasteiger partial charge in [-0.3, -0.25) is 19.9 Å². The number of anilines is 1. The Morgan fingerprint density at radius 1 is 1.00 bits per heavy atom. The number of thiazole rings is 1. The van der Waals surface area contributed by atoms with E-state index in [4.69, 9.17) is 4.98 Å². The Kier molecular flexibility index (Phi) is 5.15. The summed E-state index contributed by atoms with van der Waals surface area (Å²) in [5.41, 5.74) is 3.19. The fourth-order valence-electron chi connectivity index (χ4n) is 4.41.